The van der Waals surface area contributed by atoms with Crippen molar-refractivity contribution in [3.63, 3.8) is 0 Å². The van der Waals surface area contributed by atoms with Gasteiger partial charge in [-0.15, -0.1) is 0 Å². The van der Waals surface area contributed by atoms with Gasteiger partial charge in [0.2, 0.25) is 0 Å². The number of carbonyl (C=O) groups is 1. The Morgan fingerprint density at radius 1 is 1.44 bits per heavy atom. The summed E-state index contributed by atoms with van der Waals surface area (Å²) in [6, 6.07) is 10.5. The molecule has 3 rings (SSSR count). The highest BCUT2D eigenvalue weighted by Gasteiger charge is 2.60. The number of ketones is 1. The van der Waals surface area contributed by atoms with E-state index in [4.69, 9.17) is 4.84 Å². The van der Waals surface area contributed by atoms with Crippen LogP contribution in [0.5, 0.6) is 0 Å². The summed E-state index contributed by atoms with van der Waals surface area (Å²) in [5.74, 6) is 0.686. The SMILES string of the molecule is CC(=O)CCC1=NO[C@]2(C1)CC2c1ccccc1. The Morgan fingerprint density at radius 2 is 2.22 bits per heavy atom. The van der Waals surface area contributed by atoms with E-state index >= 15 is 0 Å². The van der Waals surface area contributed by atoms with Crippen LogP contribution in [0.2, 0.25) is 0 Å². The van der Waals surface area contributed by atoms with Crippen molar-refractivity contribution in [2.24, 2.45) is 5.16 Å². The van der Waals surface area contributed by atoms with Gasteiger partial charge in [-0.25, -0.2) is 0 Å². The number of rotatable bonds is 4. The van der Waals surface area contributed by atoms with Crippen molar-refractivity contribution in [3.05, 3.63) is 35.9 Å². The van der Waals surface area contributed by atoms with Crippen molar-refractivity contribution >= 4 is 11.5 Å². The highest BCUT2D eigenvalue weighted by molar-refractivity contribution is 5.90. The number of benzene rings is 1. The molecule has 0 N–H and O–H groups in total. The van der Waals surface area contributed by atoms with Crippen LogP contribution < -0.4 is 0 Å². The zero-order valence-corrected chi connectivity index (χ0v) is 10.6. The third kappa shape index (κ3) is 2.05. The number of oxime groups is 1. The van der Waals surface area contributed by atoms with Crippen LogP contribution in [0.4, 0.5) is 0 Å². The normalized spacial score (nSPS) is 28.9. The molecule has 0 bridgehead atoms. The van der Waals surface area contributed by atoms with E-state index in [1.807, 2.05) is 6.07 Å². The van der Waals surface area contributed by atoms with Crippen LogP contribution in [-0.4, -0.2) is 17.1 Å². The Morgan fingerprint density at radius 3 is 2.94 bits per heavy atom. The van der Waals surface area contributed by atoms with Gasteiger partial charge in [0.1, 0.15) is 5.78 Å². The average Bonchev–Trinajstić information content (AvgIpc) is 2.91. The van der Waals surface area contributed by atoms with Gasteiger partial charge in [0.15, 0.2) is 5.60 Å². The molecule has 0 amide bonds. The zero-order valence-electron chi connectivity index (χ0n) is 10.6. The molecule has 1 aliphatic heterocycles. The molecule has 3 nitrogen and oxygen atoms in total. The van der Waals surface area contributed by atoms with Gasteiger partial charge in [0, 0.05) is 25.2 Å². The maximum Gasteiger partial charge on any atom is 0.150 e. The van der Waals surface area contributed by atoms with Crippen molar-refractivity contribution in [1.29, 1.82) is 0 Å². The minimum atomic E-state index is -0.0898. The van der Waals surface area contributed by atoms with E-state index in [1.54, 1.807) is 6.92 Å². The first-order chi connectivity index (χ1) is 8.70. The Bertz CT molecular complexity index is 494. The summed E-state index contributed by atoms with van der Waals surface area (Å²) in [7, 11) is 0. The molecule has 1 heterocycles. The molecular formula is C15H17NO2. The third-order valence-electron chi connectivity index (χ3n) is 3.85. The number of hydrogen-bond acceptors (Lipinski definition) is 3. The number of nitrogens with zero attached hydrogens (tertiary/aromatic N) is 1. The predicted octanol–water partition coefficient (Wildman–Crippen LogP) is 3.06. The second kappa shape index (κ2) is 4.23. The molecule has 1 aromatic rings. The smallest absolute Gasteiger partial charge is 0.150 e. The van der Waals surface area contributed by atoms with Gasteiger partial charge >= 0.3 is 0 Å². The molecule has 0 radical (unpaired) electrons. The highest BCUT2D eigenvalue weighted by atomic mass is 16.7. The summed E-state index contributed by atoms with van der Waals surface area (Å²) in [6.07, 6.45) is 3.26. The zero-order chi connectivity index (χ0) is 12.6. The van der Waals surface area contributed by atoms with Gasteiger partial charge < -0.3 is 9.63 Å². The van der Waals surface area contributed by atoms with E-state index in [9.17, 15) is 4.79 Å². The molecule has 94 valence electrons. The molecule has 18 heavy (non-hydrogen) atoms. The maximum absolute atomic E-state index is 11.0. The molecular weight excluding hydrogens is 226 g/mol. The van der Waals surface area contributed by atoms with Crippen LogP contribution in [0, 0.1) is 0 Å². The lowest BCUT2D eigenvalue weighted by Crippen LogP contribution is -2.12. The van der Waals surface area contributed by atoms with E-state index in [-0.39, 0.29) is 11.4 Å². The molecule has 1 aromatic carbocycles. The first-order valence-corrected chi connectivity index (χ1v) is 6.48. The van der Waals surface area contributed by atoms with E-state index in [1.165, 1.54) is 5.56 Å². The third-order valence-corrected chi connectivity index (χ3v) is 3.85. The standard InChI is InChI=1S/C15H17NO2/c1-11(17)7-8-13-9-15(18-16-13)10-14(15)12-5-3-2-4-6-12/h2-6,14H,7-10H2,1H3/t14?,15-/m1/s1. The van der Waals surface area contributed by atoms with Gasteiger partial charge in [-0.2, -0.15) is 0 Å². The summed E-state index contributed by atoms with van der Waals surface area (Å²) in [5.41, 5.74) is 2.29. The quantitative estimate of drug-likeness (QED) is 0.815. The second-order valence-electron chi connectivity index (χ2n) is 5.36. The summed E-state index contributed by atoms with van der Waals surface area (Å²) in [5, 5.41) is 4.16. The number of carbonyl (C=O) groups excluding carboxylic acids is 1. The van der Waals surface area contributed by atoms with Crippen LogP contribution >= 0.6 is 0 Å². The molecule has 1 spiro atoms. The van der Waals surface area contributed by atoms with E-state index in [0.29, 0.717) is 12.3 Å². The Hall–Kier alpha value is -1.64. The first-order valence-electron chi connectivity index (χ1n) is 6.48. The fourth-order valence-corrected chi connectivity index (χ4v) is 2.71. The number of hydrogen-bond donors (Lipinski definition) is 0. The van der Waals surface area contributed by atoms with Crippen LogP contribution in [0.15, 0.2) is 35.5 Å². The molecule has 2 atom stereocenters. The van der Waals surface area contributed by atoms with Crippen LogP contribution in [0.3, 0.4) is 0 Å². The van der Waals surface area contributed by atoms with Crippen LogP contribution in [-0.2, 0) is 9.63 Å². The van der Waals surface area contributed by atoms with Crippen LogP contribution in [0.25, 0.3) is 0 Å². The van der Waals surface area contributed by atoms with Gasteiger partial charge in [0.05, 0.1) is 5.71 Å². The van der Waals surface area contributed by atoms with E-state index in [0.717, 1.165) is 25.0 Å². The predicted molar refractivity (Wildman–Crippen MR) is 69.6 cm³/mol. The minimum absolute atomic E-state index is 0.0898. The lowest BCUT2D eigenvalue weighted by molar-refractivity contribution is -0.116. The molecule has 1 aliphatic carbocycles. The summed E-state index contributed by atoms with van der Waals surface area (Å²) in [4.78, 5) is 16.6. The summed E-state index contributed by atoms with van der Waals surface area (Å²) < 4.78 is 0. The summed E-state index contributed by atoms with van der Waals surface area (Å²) in [6.45, 7) is 1.62. The molecule has 2 aliphatic rings. The lowest BCUT2D eigenvalue weighted by Gasteiger charge is -2.07. The molecule has 1 fully saturated rings. The molecule has 0 aromatic heterocycles. The molecule has 1 saturated carbocycles. The lowest BCUT2D eigenvalue weighted by atomic mass is 10.0. The van der Waals surface area contributed by atoms with Gasteiger partial charge in [-0.3, -0.25) is 0 Å². The van der Waals surface area contributed by atoms with Crippen molar-refractivity contribution in [3.8, 4) is 0 Å². The minimum Gasteiger partial charge on any atom is -0.388 e. The van der Waals surface area contributed by atoms with Crippen molar-refractivity contribution in [2.45, 2.75) is 44.1 Å². The van der Waals surface area contributed by atoms with E-state index in [2.05, 4.69) is 29.4 Å². The maximum atomic E-state index is 11.0. The van der Waals surface area contributed by atoms with Gasteiger partial charge in [0.25, 0.3) is 0 Å². The fourth-order valence-electron chi connectivity index (χ4n) is 2.71. The Labute approximate surface area is 107 Å². The molecule has 3 heteroatoms. The first kappa shape index (κ1) is 11.5. The topological polar surface area (TPSA) is 38.7 Å². The largest absolute Gasteiger partial charge is 0.388 e. The van der Waals surface area contributed by atoms with Crippen molar-refractivity contribution in [2.75, 3.05) is 0 Å². The monoisotopic (exact) mass is 243 g/mol. The molecule has 1 unspecified atom stereocenters. The van der Waals surface area contributed by atoms with Gasteiger partial charge in [-0.05, 0) is 18.9 Å². The van der Waals surface area contributed by atoms with Crippen molar-refractivity contribution in [1.82, 2.24) is 0 Å². The highest BCUT2D eigenvalue weighted by Crippen LogP contribution is 2.58. The van der Waals surface area contributed by atoms with E-state index < -0.39 is 0 Å². The Balaban J connectivity index is 1.60. The summed E-state index contributed by atoms with van der Waals surface area (Å²) >= 11 is 0. The Kier molecular flexibility index (Phi) is 2.69. The number of Topliss-reactive ketones (excluding diaryl/α,β-unsaturated/α-hetero) is 1. The second-order valence-corrected chi connectivity index (χ2v) is 5.36. The fraction of sp³-hybridized carbons (Fsp3) is 0.467. The van der Waals surface area contributed by atoms with Crippen molar-refractivity contribution < 1.29 is 9.63 Å². The van der Waals surface area contributed by atoms with Gasteiger partial charge in [-0.1, -0.05) is 35.5 Å². The van der Waals surface area contributed by atoms with Crippen LogP contribution in [0.1, 0.15) is 44.1 Å². The molecule has 0 saturated heterocycles. The average molecular weight is 243 g/mol.